The average molecular weight is 493 g/mol. The normalized spacial score (nSPS) is 12.0. The van der Waals surface area contributed by atoms with E-state index in [2.05, 4.69) is 39.7 Å². The van der Waals surface area contributed by atoms with E-state index in [4.69, 9.17) is 11.6 Å². The van der Waals surface area contributed by atoms with Crippen LogP contribution in [0.4, 0.5) is 5.13 Å². The highest BCUT2D eigenvalue weighted by Gasteiger charge is 2.25. The Morgan fingerprint density at radius 3 is 2.69 bits per heavy atom. The monoisotopic (exact) mass is 492 g/mol. The number of nitrogens with one attached hydrogen (secondary N) is 2. The molecule has 2 aromatic heterocycles. The van der Waals surface area contributed by atoms with Crippen molar-refractivity contribution in [2.75, 3.05) is 11.1 Å². The van der Waals surface area contributed by atoms with E-state index in [0.717, 1.165) is 0 Å². The number of nitrogens with zero attached hydrogens (tertiary/aromatic N) is 4. The molecular formula is C21H25ClN6O2S2. The van der Waals surface area contributed by atoms with Crippen molar-refractivity contribution in [1.82, 2.24) is 25.1 Å². The molecule has 0 fully saturated rings. The summed E-state index contributed by atoms with van der Waals surface area (Å²) in [5.74, 6) is 0.725. The fourth-order valence-electron chi connectivity index (χ4n) is 3.11. The SMILES string of the molecule is CCn1c(SCC(=O)Nc2nccs2)nnc1[C@H](CC(C)C)NC(=O)c1ccccc1Cl. The van der Waals surface area contributed by atoms with Crippen LogP contribution >= 0.6 is 34.7 Å². The second-order valence-corrected chi connectivity index (χ2v) is 9.64. The van der Waals surface area contributed by atoms with Crippen LogP contribution in [0.1, 0.15) is 49.4 Å². The smallest absolute Gasteiger partial charge is 0.253 e. The molecule has 0 unspecified atom stereocenters. The molecule has 32 heavy (non-hydrogen) atoms. The maximum Gasteiger partial charge on any atom is 0.253 e. The van der Waals surface area contributed by atoms with Gasteiger partial charge in [-0.25, -0.2) is 4.98 Å². The molecule has 2 heterocycles. The van der Waals surface area contributed by atoms with E-state index in [1.54, 1.807) is 35.8 Å². The van der Waals surface area contributed by atoms with Gasteiger partial charge in [0.05, 0.1) is 22.4 Å². The molecule has 0 aliphatic rings. The van der Waals surface area contributed by atoms with Gasteiger partial charge in [-0.3, -0.25) is 9.59 Å². The highest BCUT2D eigenvalue weighted by molar-refractivity contribution is 7.99. The Hall–Kier alpha value is -2.43. The standard InChI is InChI=1S/C21H25ClN6O2S2/c1-4-28-18(26-27-21(28)32-12-17(29)25-20-23-9-10-31-20)16(11-13(2)3)24-19(30)14-7-5-6-8-15(14)22/h5-10,13,16H,4,11-12H2,1-3H3,(H,24,30)(H,23,25,29)/t16-/m0/s1. The van der Waals surface area contributed by atoms with Crippen molar-refractivity contribution in [3.05, 3.63) is 52.3 Å². The van der Waals surface area contributed by atoms with Gasteiger partial charge in [0.15, 0.2) is 16.1 Å². The number of anilines is 1. The van der Waals surface area contributed by atoms with Gasteiger partial charge in [0.2, 0.25) is 5.91 Å². The minimum absolute atomic E-state index is 0.164. The van der Waals surface area contributed by atoms with Crippen molar-refractivity contribution in [3.63, 3.8) is 0 Å². The summed E-state index contributed by atoms with van der Waals surface area (Å²) in [6.45, 7) is 6.75. The predicted octanol–water partition coefficient (Wildman–Crippen LogP) is 4.66. The first-order chi connectivity index (χ1) is 15.4. The quantitative estimate of drug-likeness (QED) is 0.399. The highest BCUT2D eigenvalue weighted by atomic mass is 35.5. The number of hydrogen-bond acceptors (Lipinski definition) is 7. The fraction of sp³-hybridized carbons (Fsp3) is 0.381. The molecule has 0 bridgehead atoms. The van der Waals surface area contributed by atoms with Gasteiger partial charge in [0.25, 0.3) is 5.91 Å². The van der Waals surface area contributed by atoms with Crippen LogP contribution in [0.5, 0.6) is 0 Å². The highest BCUT2D eigenvalue weighted by Crippen LogP contribution is 2.26. The Morgan fingerprint density at radius 2 is 2.03 bits per heavy atom. The van der Waals surface area contributed by atoms with Crippen LogP contribution < -0.4 is 10.6 Å². The van der Waals surface area contributed by atoms with E-state index in [-0.39, 0.29) is 23.6 Å². The molecule has 11 heteroatoms. The lowest BCUT2D eigenvalue weighted by molar-refractivity contribution is -0.113. The lowest BCUT2D eigenvalue weighted by Crippen LogP contribution is -2.31. The first-order valence-corrected chi connectivity index (χ1v) is 12.4. The van der Waals surface area contributed by atoms with E-state index in [1.807, 2.05) is 11.5 Å². The van der Waals surface area contributed by atoms with Gasteiger partial charge in [-0.05, 0) is 31.4 Å². The summed E-state index contributed by atoms with van der Waals surface area (Å²) in [5.41, 5.74) is 0.416. The molecule has 0 aliphatic heterocycles. The number of carbonyl (C=O) groups is 2. The van der Waals surface area contributed by atoms with Crippen molar-refractivity contribution in [3.8, 4) is 0 Å². The topological polar surface area (TPSA) is 102 Å². The number of aromatic nitrogens is 4. The lowest BCUT2D eigenvalue weighted by Gasteiger charge is -2.21. The number of carbonyl (C=O) groups excluding carboxylic acids is 2. The van der Waals surface area contributed by atoms with E-state index >= 15 is 0 Å². The number of thioether (sulfide) groups is 1. The summed E-state index contributed by atoms with van der Waals surface area (Å²) >= 11 is 8.86. The zero-order chi connectivity index (χ0) is 23.1. The molecule has 1 atom stereocenters. The summed E-state index contributed by atoms with van der Waals surface area (Å²) in [5, 5.41) is 17.9. The van der Waals surface area contributed by atoms with Gasteiger partial charge in [-0.2, -0.15) is 0 Å². The van der Waals surface area contributed by atoms with Gasteiger partial charge < -0.3 is 15.2 Å². The Kier molecular flexibility index (Phi) is 8.66. The molecule has 2 amide bonds. The van der Waals surface area contributed by atoms with E-state index in [1.165, 1.54) is 23.1 Å². The van der Waals surface area contributed by atoms with Gasteiger partial charge in [0.1, 0.15) is 0 Å². The van der Waals surface area contributed by atoms with Crippen LogP contribution in [0, 0.1) is 5.92 Å². The molecule has 170 valence electrons. The maximum absolute atomic E-state index is 12.9. The zero-order valence-electron chi connectivity index (χ0n) is 18.0. The molecule has 2 N–H and O–H groups in total. The first-order valence-electron chi connectivity index (χ1n) is 10.2. The molecule has 0 saturated carbocycles. The third-order valence-corrected chi connectivity index (χ3v) is 6.50. The second-order valence-electron chi connectivity index (χ2n) is 7.39. The number of thiazole rings is 1. The van der Waals surface area contributed by atoms with E-state index in [9.17, 15) is 9.59 Å². The number of rotatable bonds is 10. The lowest BCUT2D eigenvalue weighted by atomic mass is 10.0. The molecule has 0 spiro atoms. The number of benzene rings is 1. The second kappa shape index (κ2) is 11.4. The van der Waals surface area contributed by atoms with Crippen molar-refractivity contribution in [1.29, 1.82) is 0 Å². The summed E-state index contributed by atoms with van der Waals surface area (Å²) in [4.78, 5) is 29.2. The Morgan fingerprint density at radius 1 is 1.25 bits per heavy atom. The number of hydrogen-bond donors (Lipinski definition) is 2. The van der Waals surface area contributed by atoms with Crippen LogP contribution in [0.15, 0.2) is 41.0 Å². The van der Waals surface area contributed by atoms with Crippen LogP contribution in [0.25, 0.3) is 0 Å². The van der Waals surface area contributed by atoms with Gasteiger partial charge >= 0.3 is 0 Å². The summed E-state index contributed by atoms with van der Waals surface area (Å²) in [7, 11) is 0. The number of halogens is 1. The summed E-state index contributed by atoms with van der Waals surface area (Å²) in [6.07, 6.45) is 2.32. The molecule has 3 rings (SSSR count). The molecule has 0 radical (unpaired) electrons. The summed E-state index contributed by atoms with van der Waals surface area (Å²) < 4.78 is 1.93. The Bertz CT molecular complexity index is 1050. The van der Waals surface area contributed by atoms with Crippen molar-refractivity contribution in [2.24, 2.45) is 5.92 Å². The Labute approximate surface area is 200 Å². The molecule has 1 aromatic carbocycles. The Balaban J connectivity index is 1.75. The molecular weight excluding hydrogens is 468 g/mol. The molecule has 3 aromatic rings. The van der Waals surface area contributed by atoms with E-state index in [0.29, 0.717) is 45.6 Å². The average Bonchev–Trinajstić information content (AvgIpc) is 3.41. The van der Waals surface area contributed by atoms with Gasteiger partial charge in [0, 0.05) is 18.1 Å². The predicted molar refractivity (Wildman–Crippen MR) is 128 cm³/mol. The minimum atomic E-state index is -0.343. The van der Waals surface area contributed by atoms with E-state index < -0.39 is 0 Å². The van der Waals surface area contributed by atoms with Crippen LogP contribution in [0.2, 0.25) is 5.02 Å². The van der Waals surface area contributed by atoms with Gasteiger partial charge in [-0.15, -0.1) is 21.5 Å². The van der Waals surface area contributed by atoms with Crippen LogP contribution in [-0.2, 0) is 11.3 Å². The van der Waals surface area contributed by atoms with Crippen molar-refractivity contribution >= 4 is 51.6 Å². The van der Waals surface area contributed by atoms with Gasteiger partial charge in [-0.1, -0.05) is 49.3 Å². The van der Waals surface area contributed by atoms with Crippen molar-refractivity contribution in [2.45, 2.75) is 44.9 Å². The fourth-order valence-corrected chi connectivity index (χ4v) is 4.69. The van der Waals surface area contributed by atoms with Crippen LogP contribution in [0.3, 0.4) is 0 Å². The molecule has 0 aliphatic carbocycles. The first kappa shape index (κ1) is 24.2. The third-order valence-electron chi connectivity index (χ3n) is 4.52. The molecule has 0 saturated heterocycles. The maximum atomic E-state index is 12.9. The third kappa shape index (κ3) is 6.30. The summed E-state index contributed by atoms with van der Waals surface area (Å²) in [6, 6.07) is 6.60. The minimum Gasteiger partial charge on any atom is -0.342 e. The van der Waals surface area contributed by atoms with Crippen LogP contribution in [-0.4, -0.2) is 37.3 Å². The molecule has 8 nitrogen and oxygen atoms in total. The van der Waals surface area contributed by atoms with Crippen molar-refractivity contribution < 1.29 is 9.59 Å². The number of amides is 2. The zero-order valence-corrected chi connectivity index (χ0v) is 20.4. The largest absolute Gasteiger partial charge is 0.342 e.